The molecular weight excluding hydrogens is 388 g/mol. The highest BCUT2D eigenvalue weighted by Crippen LogP contribution is 2.21. The van der Waals surface area contributed by atoms with E-state index in [4.69, 9.17) is 4.74 Å². The Balaban J connectivity index is 1.90. The topological polar surface area (TPSA) is 75.7 Å². The third kappa shape index (κ3) is 7.87. The van der Waals surface area contributed by atoms with Crippen molar-refractivity contribution in [2.45, 2.75) is 32.9 Å². The van der Waals surface area contributed by atoms with Crippen molar-refractivity contribution < 1.29 is 17.9 Å². The molecule has 0 aliphatic rings. The number of sulfonamides is 1. The van der Waals surface area contributed by atoms with Crippen LogP contribution in [0.15, 0.2) is 54.6 Å². The Bertz CT molecular complexity index is 881. The van der Waals surface area contributed by atoms with Crippen LogP contribution in [0.1, 0.15) is 37.4 Å². The molecule has 0 radical (unpaired) electrons. The van der Waals surface area contributed by atoms with Gasteiger partial charge in [-0.2, -0.15) is 0 Å². The van der Waals surface area contributed by atoms with E-state index in [9.17, 15) is 13.2 Å². The van der Waals surface area contributed by atoms with Gasteiger partial charge in [0, 0.05) is 13.6 Å². The molecule has 1 amide bonds. The van der Waals surface area contributed by atoms with Crippen LogP contribution in [0.2, 0.25) is 0 Å². The summed E-state index contributed by atoms with van der Waals surface area (Å²) < 4.78 is 29.9. The molecule has 2 aromatic carbocycles. The molecule has 0 heterocycles. The first-order valence-electron chi connectivity index (χ1n) is 9.62. The zero-order valence-electron chi connectivity index (χ0n) is 17.5. The summed E-state index contributed by atoms with van der Waals surface area (Å²) in [6.45, 7) is 4.46. The summed E-state index contributed by atoms with van der Waals surface area (Å²) in [4.78, 5) is 12.4. The molecule has 7 heteroatoms. The van der Waals surface area contributed by atoms with Crippen molar-refractivity contribution in [3.05, 3.63) is 65.7 Å². The van der Waals surface area contributed by atoms with E-state index >= 15 is 0 Å². The molecule has 1 atom stereocenters. The predicted molar refractivity (Wildman–Crippen MR) is 115 cm³/mol. The average molecular weight is 419 g/mol. The van der Waals surface area contributed by atoms with Gasteiger partial charge >= 0.3 is 0 Å². The molecule has 1 N–H and O–H groups in total. The van der Waals surface area contributed by atoms with Crippen LogP contribution < -0.4 is 10.1 Å². The highest BCUT2D eigenvalue weighted by Gasteiger charge is 2.16. The summed E-state index contributed by atoms with van der Waals surface area (Å²) in [6, 6.07) is 16.9. The first kappa shape index (κ1) is 22.9. The molecule has 1 unspecified atom stereocenters. The van der Waals surface area contributed by atoms with Crippen LogP contribution in [0, 0.1) is 5.92 Å². The normalized spacial score (nSPS) is 12.8. The fraction of sp³-hybridized carbons (Fsp3) is 0.409. The fourth-order valence-electron chi connectivity index (χ4n) is 2.89. The number of amides is 1. The molecule has 2 aromatic rings. The van der Waals surface area contributed by atoms with E-state index in [0.29, 0.717) is 11.7 Å². The van der Waals surface area contributed by atoms with Gasteiger partial charge in [0.05, 0.1) is 12.3 Å². The standard InChI is InChI=1S/C22H30N2O4S/c1-17(2)14-21(19-8-6-5-7-9-19)23-22(25)16-28-20-12-10-18(11-13-20)15-24(3)29(4,26)27/h5-13,17,21H,14-16H2,1-4H3,(H,23,25). The van der Waals surface area contributed by atoms with Gasteiger partial charge in [-0.25, -0.2) is 12.7 Å². The number of benzene rings is 2. The van der Waals surface area contributed by atoms with E-state index in [-0.39, 0.29) is 25.1 Å². The van der Waals surface area contributed by atoms with Gasteiger partial charge in [0.15, 0.2) is 6.61 Å². The van der Waals surface area contributed by atoms with E-state index < -0.39 is 10.0 Å². The molecule has 0 bridgehead atoms. The van der Waals surface area contributed by atoms with E-state index in [0.717, 1.165) is 17.5 Å². The monoisotopic (exact) mass is 418 g/mol. The molecule has 158 valence electrons. The molecule has 0 aromatic heterocycles. The lowest BCUT2D eigenvalue weighted by Crippen LogP contribution is -2.33. The lowest BCUT2D eigenvalue weighted by atomic mass is 9.97. The summed E-state index contributed by atoms with van der Waals surface area (Å²) >= 11 is 0. The molecule has 2 rings (SSSR count). The van der Waals surface area contributed by atoms with E-state index in [1.165, 1.54) is 17.6 Å². The van der Waals surface area contributed by atoms with Crippen molar-refractivity contribution in [1.29, 1.82) is 0 Å². The minimum Gasteiger partial charge on any atom is -0.484 e. The van der Waals surface area contributed by atoms with Crippen LogP contribution in [-0.2, 0) is 21.4 Å². The maximum atomic E-state index is 12.4. The summed E-state index contributed by atoms with van der Waals surface area (Å²) in [5, 5.41) is 3.05. The molecule has 0 aliphatic carbocycles. The number of carbonyl (C=O) groups is 1. The van der Waals surface area contributed by atoms with Crippen molar-refractivity contribution in [3.63, 3.8) is 0 Å². The van der Waals surface area contributed by atoms with Crippen LogP contribution in [0.4, 0.5) is 0 Å². The van der Waals surface area contributed by atoms with Gasteiger partial charge in [-0.1, -0.05) is 56.3 Å². The van der Waals surface area contributed by atoms with E-state index in [2.05, 4.69) is 19.2 Å². The second-order valence-corrected chi connectivity index (χ2v) is 9.70. The van der Waals surface area contributed by atoms with Crippen molar-refractivity contribution in [3.8, 4) is 5.75 Å². The number of ether oxygens (including phenoxy) is 1. The molecule has 0 saturated heterocycles. The van der Waals surface area contributed by atoms with Gasteiger partial charge in [-0.05, 0) is 35.6 Å². The lowest BCUT2D eigenvalue weighted by molar-refractivity contribution is -0.124. The maximum absolute atomic E-state index is 12.4. The van der Waals surface area contributed by atoms with Crippen LogP contribution in [0.25, 0.3) is 0 Å². The summed E-state index contributed by atoms with van der Waals surface area (Å²) in [5.74, 6) is 0.824. The molecule has 0 aliphatic heterocycles. The first-order valence-corrected chi connectivity index (χ1v) is 11.5. The van der Waals surface area contributed by atoms with E-state index in [1.54, 1.807) is 24.3 Å². The second-order valence-electron chi connectivity index (χ2n) is 7.61. The maximum Gasteiger partial charge on any atom is 0.258 e. The number of rotatable bonds is 10. The number of carbonyl (C=O) groups excluding carboxylic acids is 1. The largest absolute Gasteiger partial charge is 0.484 e. The number of nitrogens with zero attached hydrogens (tertiary/aromatic N) is 1. The quantitative estimate of drug-likeness (QED) is 0.642. The Labute approximate surface area is 173 Å². The number of hydrogen-bond acceptors (Lipinski definition) is 4. The Hall–Kier alpha value is -2.38. The van der Waals surface area contributed by atoms with Crippen molar-refractivity contribution in [1.82, 2.24) is 9.62 Å². The SMILES string of the molecule is CC(C)CC(NC(=O)COc1ccc(CN(C)S(C)(=O)=O)cc1)c1ccccc1. The third-order valence-electron chi connectivity index (χ3n) is 4.51. The Morgan fingerprint density at radius 3 is 2.24 bits per heavy atom. The Kier molecular flexibility index (Phi) is 8.22. The molecular formula is C22H30N2O4S. The second kappa shape index (κ2) is 10.4. The van der Waals surface area contributed by atoms with Gasteiger partial charge in [-0.15, -0.1) is 0 Å². The highest BCUT2D eigenvalue weighted by atomic mass is 32.2. The summed E-state index contributed by atoms with van der Waals surface area (Å²) in [6.07, 6.45) is 2.02. The lowest BCUT2D eigenvalue weighted by Gasteiger charge is -2.21. The van der Waals surface area contributed by atoms with Gasteiger partial charge in [-0.3, -0.25) is 4.79 Å². The zero-order valence-corrected chi connectivity index (χ0v) is 18.3. The fourth-order valence-corrected chi connectivity index (χ4v) is 3.27. The van der Waals surface area contributed by atoms with Crippen LogP contribution in [-0.4, -0.2) is 38.5 Å². The minimum atomic E-state index is -3.23. The third-order valence-corrected chi connectivity index (χ3v) is 5.77. The smallest absolute Gasteiger partial charge is 0.258 e. The van der Waals surface area contributed by atoms with Gasteiger partial charge in [0.2, 0.25) is 10.0 Å². The average Bonchev–Trinajstić information content (AvgIpc) is 2.66. The highest BCUT2D eigenvalue weighted by molar-refractivity contribution is 7.88. The van der Waals surface area contributed by atoms with Crippen LogP contribution in [0.3, 0.4) is 0 Å². The van der Waals surface area contributed by atoms with Crippen molar-refractivity contribution in [2.75, 3.05) is 19.9 Å². The first-order chi connectivity index (χ1) is 13.6. The number of nitrogens with one attached hydrogen (secondary N) is 1. The minimum absolute atomic E-state index is 0.0544. The summed E-state index contributed by atoms with van der Waals surface area (Å²) in [7, 11) is -1.69. The Morgan fingerprint density at radius 1 is 1.07 bits per heavy atom. The predicted octanol–water partition coefficient (Wildman–Crippen LogP) is 3.36. The van der Waals surface area contributed by atoms with E-state index in [1.807, 2.05) is 30.3 Å². The molecule has 0 spiro atoms. The van der Waals surface area contributed by atoms with Crippen LogP contribution in [0.5, 0.6) is 5.75 Å². The van der Waals surface area contributed by atoms with Crippen molar-refractivity contribution >= 4 is 15.9 Å². The van der Waals surface area contributed by atoms with Crippen LogP contribution >= 0.6 is 0 Å². The van der Waals surface area contributed by atoms with Gasteiger partial charge < -0.3 is 10.1 Å². The molecule has 6 nitrogen and oxygen atoms in total. The molecule has 0 fully saturated rings. The van der Waals surface area contributed by atoms with Gasteiger partial charge in [0.25, 0.3) is 5.91 Å². The molecule has 29 heavy (non-hydrogen) atoms. The van der Waals surface area contributed by atoms with Gasteiger partial charge in [0.1, 0.15) is 5.75 Å². The molecule has 0 saturated carbocycles. The van der Waals surface area contributed by atoms with Crippen molar-refractivity contribution in [2.24, 2.45) is 5.92 Å². The zero-order chi connectivity index (χ0) is 21.4. The number of hydrogen-bond donors (Lipinski definition) is 1. The summed E-state index contributed by atoms with van der Waals surface area (Å²) in [5.41, 5.74) is 1.92. The Morgan fingerprint density at radius 2 is 1.69 bits per heavy atom.